The number of anilines is 1. The average Bonchev–Trinajstić information content (AvgIpc) is 2.55. The summed E-state index contributed by atoms with van der Waals surface area (Å²) in [5.41, 5.74) is 1.09. The largest absolute Gasteiger partial charge is 0.323 e. The monoisotopic (exact) mass is 333 g/mol. The number of amides is 1. The zero-order chi connectivity index (χ0) is 16.7. The van der Waals surface area contributed by atoms with Crippen molar-refractivity contribution in [2.75, 3.05) is 11.1 Å². The molecule has 23 heavy (non-hydrogen) atoms. The Morgan fingerprint density at radius 3 is 2.65 bits per heavy atom. The van der Waals surface area contributed by atoms with Crippen LogP contribution in [0.2, 0.25) is 0 Å². The van der Waals surface area contributed by atoms with Crippen LogP contribution >= 0.6 is 11.8 Å². The first-order valence-electron chi connectivity index (χ1n) is 7.15. The van der Waals surface area contributed by atoms with E-state index in [1.54, 1.807) is 6.92 Å². The van der Waals surface area contributed by atoms with Crippen LogP contribution in [0.5, 0.6) is 0 Å². The Labute approximate surface area is 138 Å². The van der Waals surface area contributed by atoms with Gasteiger partial charge in [-0.2, -0.15) is 0 Å². The van der Waals surface area contributed by atoms with Gasteiger partial charge >= 0.3 is 0 Å². The topological polar surface area (TPSA) is 29.1 Å². The Hall–Kier alpha value is -2.14. The molecule has 5 heteroatoms. The summed E-state index contributed by atoms with van der Waals surface area (Å²) in [6, 6.07) is 12.9. The SMILES string of the molecule is CC(SCC=Cc1ccccc1)C(=O)Nc1ccc(F)cc1F. The second kappa shape index (κ2) is 8.48. The van der Waals surface area contributed by atoms with Crippen LogP contribution in [0.4, 0.5) is 14.5 Å². The highest BCUT2D eigenvalue weighted by Crippen LogP contribution is 2.18. The van der Waals surface area contributed by atoms with Gasteiger partial charge < -0.3 is 5.32 Å². The highest BCUT2D eigenvalue weighted by atomic mass is 32.2. The van der Waals surface area contributed by atoms with Gasteiger partial charge in [0.15, 0.2) is 0 Å². The molecule has 0 bridgehead atoms. The highest BCUT2D eigenvalue weighted by molar-refractivity contribution is 8.00. The lowest BCUT2D eigenvalue weighted by Crippen LogP contribution is -2.23. The van der Waals surface area contributed by atoms with Crippen molar-refractivity contribution in [3.8, 4) is 0 Å². The maximum atomic E-state index is 13.5. The van der Waals surface area contributed by atoms with Gasteiger partial charge in [-0.25, -0.2) is 8.78 Å². The van der Waals surface area contributed by atoms with Crippen molar-refractivity contribution in [2.45, 2.75) is 12.2 Å². The Morgan fingerprint density at radius 1 is 1.22 bits per heavy atom. The third-order valence-corrected chi connectivity index (χ3v) is 4.21. The van der Waals surface area contributed by atoms with E-state index in [4.69, 9.17) is 0 Å². The lowest BCUT2D eigenvalue weighted by molar-refractivity contribution is -0.115. The van der Waals surface area contributed by atoms with E-state index in [0.717, 1.165) is 17.7 Å². The molecule has 120 valence electrons. The van der Waals surface area contributed by atoms with E-state index in [0.29, 0.717) is 5.75 Å². The molecule has 0 aliphatic carbocycles. The molecule has 1 N–H and O–H groups in total. The summed E-state index contributed by atoms with van der Waals surface area (Å²) in [7, 11) is 0. The number of hydrogen-bond donors (Lipinski definition) is 1. The van der Waals surface area contributed by atoms with Gasteiger partial charge in [0, 0.05) is 11.8 Å². The number of rotatable bonds is 6. The minimum atomic E-state index is -0.778. The molecule has 0 saturated carbocycles. The zero-order valence-corrected chi connectivity index (χ0v) is 13.4. The summed E-state index contributed by atoms with van der Waals surface area (Å²) in [5.74, 6) is -1.10. The van der Waals surface area contributed by atoms with Crippen LogP contribution < -0.4 is 5.32 Å². The van der Waals surface area contributed by atoms with Crippen LogP contribution in [0.25, 0.3) is 6.08 Å². The molecule has 0 spiro atoms. The average molecular weight is 333 g/mol. The fourth-order valence-corrected chi connectivity index (χ4v) is 2.56. The molecule has 0 aromatic heterocycles. The van der Waals surface area contributed by atoms with Gasteiger partial charge in [-0.3, -0.25) is 4.79 Å². The van der Waals surface area contributed by atoms with Crippen LogP contribution in [0.1, 0.15) is 12.5 Å². The van der Waals surface area contributed by atoms with Crippen molar-refractivity contribution in [1.82, 2.24) is 0 Å². The lowest BCUT2D eigenvalue weighted by Gasteiger charge is -2.11. The molecule has 2 aromatic carbocycles. The van der Waals surface area contributed by atoms with Gasteiger partial charge in [-0.15, -0.1) is 11.8 Å². The van der Waals surface area contributed by atoms with Crippen LogP contribution in [0, 0.1) is 11.6 Å². The number of benzene rings is 2. The second-order valence-electron chi connectivity index (χ2n) is 4.90. The summed E-state index contributed by atoms with van der Waals surface area (Å²) >= 11 is 1.44. The Morgan fingerprint density at radius 2 is 1.96 bits per heavy atom. The smallest absolute Gasteiger partial charge is 0.237 e. The Balaban J connectivity index is 1.82. The molecule has 2 rings (SSSR count). The normalized spacial score (nSPS) is 12.3. The molecule has 1 unspecified atom stereocenters. The molecular weight excluding hydrogens is 316 g/mol. The predicted molar refractivity (Wildman–Crippen MR) is 92.4 cm³/mol. The summed E-state index contributed by atoms with van der Waals surface area (Å²) in [6.45, 7) is 1.75. The van der Waals surface area contributed by atoms with E-state index in [1.807, 2.05) is 42.5 Å². The van der Waals surface area contributed by atoms with Gasteiger partial charge in [-0.1, -0.05) is 42.5 Å². The van der Waals surface area contributed by atoms with E-state index < -0.39 is 11.6 Å². The maximum Gasteiger partial charge on any atom is 0.237 e. The summed E-state index contributed by atoms with van der Waals surface area (Å²) in [5, 5.41) is 2.12. The lowest BCUT2D eigenvalue weighted by atomic mass is 10.2. The van der Waals surface area contributed by atoms with Gasteiger partial charge in [-0.05, 0) is 24.6 Å². The molecular formula is C18H17F2NOS. The second-order valence-corrected chi connectivity index (χ2v) is 6.28. The first-order valence-corrected chi connectivity index (χ1v) is 8.20. The molecule has 2 nitrogen and oxygen atoms in total. The van der Waals surface area contributed by atoms with E-state index in [1.165, 1.54) is 17.8 Å². The van der Waals surface area contributed by atoms with Crippen molar-refractivity contribution >= 4 is 29.4 Å². The minimum absolute atomic E-state index is 0.0105. The standard InChI is InChI=1S/C18H17F2NOS/c1-13(23-11-5-8-14-6-3-2-4-7-14)18(22)21-17-10-9-15(19)12-16(17)20/h2-10,12-13H,11H2,1H3,(H,21,22). The molecule has 0 radical (unpaired) electrons. The summed E-state index contributed by atoms with van der Waals surface area (Å²) < 4.78 is 26.3. The van der Waals surface area contributed by atoms with Gasteiger partial charge in [0.05, 0.1) is 10.9 Å². The van der Waals surface area contributed by atoms with Crippen molar-refractivity contribution in [2.24, 2.45) is 0 Å². The summed E-state index contributed by atoms with van der Waals surface area (Å²) in [4.78, 5) is 12.0. The number of thioether (sulfide) groups is 1. The van der Waals surface area contributed by atoms with Crippen LogP contribution in [-0.2, 0) is 4.79 Å². The summed E-state index contributed by atoms with van der Waals surface area (Å²) in [6.07, 6.45) is 3.96. The van der Waals surface area contributed by atoms with Gasteiger partial charge in [0.1, 0.15) is 11.6 Å². The number of hydrogen-bond acceptors (Lipinski definition) is 2. The number of halogens is 2. The Bertz CT molecular complexity index is 689. The fourth-order valence-electron chi connectivity index (χ4n) is 1.85. The minimum Gasteiger partial charge on any atom is -0.323 e. The third kappa shape index (κ3) is 5.53. The molecule has 1 amide bonds. The molecule has 0 heterocycles. The van der Waals surface area contributed by atoms with Gasteiger partial charge in [0.25, 0.3) is 0 Å². The number of carbonyl (C=O) groups is 1. The highest BCUT2D eigenvalue weighted by Gasteiger charge is 2.14. The maximum absolute atomic E-state index is 13.5. The third-order valence-electron chi connectivity index (χ3n) is 3.11. The first kappa shape index (κ1) is 17.2. The van der Waals surface area contributed by atoms with Crippen molar-refractivity contribution in [1.29, 1.82) is 0 Å². The molecule has 1 atom stereocenters. The van der Waals surface area contributed by atoms with Gasteiger partial charge in [0.2, 0.25) is 5.91 Å². The first-order chi connectivity index (χ1) is 11.1. The predicted octanol–water partition coefficient (Wildman–Crippen LogP) is 4.74. The molecule has 0 aliphatic heterocycles. The van der Waals surface area contributed by atoms with E-state index >= 15 is 0 Å². The molecule has 2 aromatic rings. The number of nitrogens with one attached hydrogen (secondary N) is 1. The quantitative estimate of drug-likeness (QED) is 0.827. The molecule has 0 fully saturated rings. The van der Waals surface area contributed by atoms with E-state index in [2.05, 4.69) is 5.32 Å². The van der Waals surface area contributed by atoms with E-state index in [-0.39, 0.29) is 16.8 Å². The van der Waals surface area contributed by atoms with Crippen molar-refractivity contribution in [3.63, 3.8) is 0 Å². The van der Waals surface area contributed by atoms with Crippen molar-refractivity contribution < 1.29 is 13.6 Å². The number of carbonyl (C=O) groups excluding carboxylic acids is 1. The van der Waals surface area contributed by atoms with Crippen molar-refractivity contribution in [3.05, 3.63) is 71.8 Å². The van der Waals surface area contributed by atoms with Crippen LogP contribution in [-0.4, -0.2) is 16.9 Å². The zero-order valence-electron chi connectivity index (χ0n) is 12.6. The fraction of sp³-hybridized carbons (Fsp3) is 0.167. The van der Waals surface area contributed by atoms with Crippen LogP contribution in [0.15, 0.2) is 54.6 Å². The Kier molecular flexibility index (Phi) is 6.35. The van der Waals surface area contributed by atoms with Crippen LogP contribution in [0.3, 0.4) is 0 Å². The van der Waals surface area contributed by atoms with E-state index in [9.17, 15) is 13.6 Å². The molecule has 0 saturated heterocycles. The molecule has 0 aliphatic rings.